The lowest BCUT2D eigenvalue weighted by Crippen LogP contribution is -2.43. The lowest BCUT2D eigenvalue weighted by Gasteiger charge is -2.47. The molecule has 0 bridgehead atoms. The van der Waals surface area contributed by atoms with Gasteiger partial charge in [-0.1, -0.05) is 164 Å². The maximum Gasteiger partial charge on any atom is 0.0639 e. The van der Waals surface area contributed by atoms with E-state index < -0.39 is 0 Å². The third-order valence-corrected chi connectivity index (χ3v) is 22.8. The predicted octanol–water partition coefficient (Wildman–Crippen LogP) is 17.7. The van der Waals surface area contributed by atoms with E-state index in [0.29, 0.717) is 53.3 Å². The molecule has 4 fully saturated rings. The second-order valence-corrected chi connectivity index (χ2v) is 25.2. The van der Waals surface area contributed by atoms with Crippen molar-refractivity contribution in [2.45, 2.75) is 96.3 Å². The van der Waals surface area contributed by atoms with E-state index in [4.69, 9.17) is 0 Å². The second-order valence-electron chi connectivity index (χ2n) is 25.2. The van der Waals surface area contributed by atoms with E-state index in [2.05, 4.69) is 164 Å². The van der Waals surface area contributed by atoms with Crippen molar-refractivity contribution in [1.82, 2.24) is 0 Å². The van der Waals surface area contributed by atoms with Gasteiger partial charge in [0.05, 0.1) is 5.41 Å². The van der Waals surface area contributed by atoms with Crippen LogP contribution in [0, 0.1) is 64.1 Å². The molecule has 0 aliphatic heterocycles. The van der Waals surface area contributed by atoms with Crippen LogP contribution in [0.1, 0.15) is 96.3 Å². The fraction of sp³-hybridized carbons (Fsp3) is 0.351. The van der Waals surface area contributed by atoms with Crippen LogP contribution in [0.2, 0.25) is 0 Å². The van der Waals surface area contributed by atoms with E-state index >= 15 is 0 Å². The summed E-state index contributed by atoms with van der Waals surface area (Å²) in [6.45, 7) is 0. The minimum Gasteiger partial charge on any atom is -0.0839 e. The number of allylic oxidation sites excluding steroid dienone is 48. The highest BCUT2D eigenvalue weighted by atomic mass is 14.7. The summed E-state index contributed by atoms with van der Waals surface area (Å²) in [5.74, 6) is 4.67. The van der Waals surface area contributed by atoms with Crippen LogP contribution >= 0.6 is 0 Å². The average molecular weight is 955 g/mol. The zero-order valence-electron chi connectivity index (χ0n) is 42.9. The monoisotopic (exact) mass is 955 g/mol. The molecule has 0 N–H and O–H groups in total. The van der Waals surface area contributed by atoms with Gasteiger partial charge in [-0.05, 0) is 242 Å². The molecule has 0 nitrogen and oxygen atoms in total. The molecule has 18 aliphatic rings. The lowest BCUT2D eigenvalue weighted by atomic mass is 9.56. The van der Waals surface area contributed by atoms with Crippen molar-refractivity contribution in [3.63, 3.8) is 0 Å². The molecular weight excluding hydrogens is 889 g/mol. The van der Waals surface area contributed by atoms with Crippen molar-refractivity contribution < 1.29 is 0 Å². The van der Waals surface area contributed by atoms with Crippen LogP contribution in [-0.2, 0) is 0 Å². The average Bonchev–Trinajstić information content (AvgIpc) is 4.17. The SMILES string of the molecule is C1=CCC2C(=C1)C1=CC=CCC1C21C2CC=CC3=C2C2=C(C=CCC21)C1C=C(C2=CCCC(C4=CC=C(C5=CC=C6C(C5)C5=CCCC=C5C65C6=CCCC7=C6C6C5=CC=CC6C5=C7CCC=C5)CC4)=C2)C=CC31. The maximum absolute atomic E-state index is 2.72. The van der Waals surface area contributed by atoms with Crippen molar-refractivity contribution >= 4 is 0 Å². The largest absolute Gasteiger partial charge is 0.0839 e. The Hall–Kier alpha value is -6.24. The first-order valence-electron chi connectivity index (χ1n) is 29.5. The molecule has 74 heavy (non-hydrogen) atoms. The zero-order chi connectivity index (χ0) is 48.0. The van der Waals surface area contributed by atoms with Gasteiger partial charge in [0.25, 0.3) is 0 Å². The number of rotatable bonds is 3. The van der Waals surface area contributed by atoms with Crippen LogP contribution in [0.4, 0.5) is 0 Å². The van der Waals surface area contributed by atoms with Gasteiger partial charge >= 0.3 is 0 Å². The summed E-state index contributed by atoms with van der Waals surface area (Å²) in [6.07, 6.45) is 86.7. The Labute approximate surface area is 439 Å². The first-order chi connectivity index (χ1) is 36.7. The second kappa shape index (κ2) is 15.2. The Bertz CT molecular complexity index is 3560. The molecule has 4 saturated carbocycles. The van der Waals surface area contributed by atoms with Gasteiger partial charge in [0.2, 0.25) is 0 Å². The first-order valence-corrected chi connectivity index (χ1v) is 29.5. The molecule has 18 rings (SSSR count). The first kappa shape index (κ1) is 42.0. The quantitative estimate of drug-likeness (QED) is 0.264. The van der Waals surface area contributed by atoms with Crippen LogP contribution in [0.3, 0.4) is 0 Å². The molecule has 0 amide bonds. The normalized spacial score (nSPS) is 39.2. The van der Waals surface area contributed by atoms with Gasteiger partial charge in [-0.15, -0.1) is 0 Å². The topological polar surface area (TPSA) is 0 Å². The molecule has 0 aromatic heterocycles. The van der Waals surface area contributed by atoms with E-state index in [0.717, 1.165) is 38.5 Å². The van der Waals surface area contributed by atoms with Crippen molar-refractivity contribution in [1.29, 1.82) is 0 Å². The fourth-order valence-corrected chi connectivity index (χ4v) is 20.4. The van der Waals surface area contributed by atoms with Gasteiger partial charge in [-0.25, -0.2) is 0 Å². The van der Waals surface area contributed by atoms with Crippen LogP contribution in [0.25, 0.3) is 0 Å². The third-order valence-electron chi connectivity index (χ3n) is 22.8. The summed E-state index contributed by atoms with van der Waals surface area (Å²) in [7, 11) is 0. The van der Waals surface area contributed by atoms with Crippen molar-refractivity contribution in [2.75, 3.05) is 0 Å². The summed E-state index contributed by atoms with van der Waals surface area (Å²) < 4.78 is 0. The molecule has 0 heterocycles. The Morgan fingerprint density at radius 2 is 1.12 bits per heavy atom. The maximum atomic E-state index is 2.72. The van der Waals surface area contributed by atoms with Crippen LogP contribution in [0.15, 0.2) is 281 Å². The van der Waals surface area contributed by atoms with Crippen LogP contribution in [0.5, 0.6) is 0 Å². The van der Waals surface area contributed by atoms with Crippen LogP contribution in [-0.4, -0.2) is 0 Å². The highest BCUT2D eigenvalue weighted by molar-refractivity contribution is 5.81. The standard InChI is InChI=1S/C74H66/c1-2-17-50-49(16-1)55-21-10-29-66-69(55)70-56(50)22-11-30-67(70)74(66)63-27-8-5-20-54(63)60-42-47(37-39-64(60)74)44-34-32-43(33-35-44)45-14-9-15-46(40-45)48-36-38-51-57-23-12-28-65-71(57)72-58(59(51)41-48)24-13-31-68(72)73(65)61-25-6-3-18-52(61)53-19-4-7-26-62(53)73/h1,3-4,6-7,10,12-13,15-16,18-21,23-24,27,29-30,32,34,36-41,51,55,59-62,65,68-69H,2,5,8-9,11,14,17,22,25-26,28,31,33,35,42H2. The summed E-state index contributed by atoms with van der Waals surface area (Å²) in [4.78, 5) is 0. The van der Waals surface area contributed by atoms with Gasteiger partial charge in [0.1, 0.15) is 0 Å². The van der Waals surface area contributed by atoms with E-state index in [-0.39, 0.29) is 10.8 Å². The van der Waals surface area contributed by atoms with E-state index in [1.807, 2.05) is 0 Å². The fourth-order valence-electron chi connectivity index (χ4n) is 20.4. The molecular formula is C74H66. The number of hydrogen-bond acceptors (Lipinski definition) is 0. The molecule has 2 spiro atoms. The molecule has 10 unspecified atom stereocenters. The molecule has 10 atom stereocenters. The zero-order valence-corrected chi connectivity index (χ0v) is 42.9. The molecule has 18 aliphatic carbocycles. The molecule has 362 valence electrons. The van der Waals surface area contributed by atoms with Gasteiger partial charge in [0.15, 0.2) is 0 Å². The van der Waals surface area contributed by atoms with Gasteiger partial charge in [-0.3, -0.25) is 0 Å². The summed E-state index contributed by atoms with van der Waals surface area (Å²) in [5.41, 5.74) is 34.7. The van der Waals surface area contributed by atoms with E-state index in [1.54, 1.807) is 106 Å². The Morgan fingerprint density at radius 1 is 0.419 bits per heavy atom. The number of fused-ring (bicyclic) bond motifs is 19. The van der Waals surface area contributed by atoms with Gasteiger partial charge in [-0.2, -0.15) is 0 Å². The lowest BCUT2D eigenvalue weighted by molar-refractivity contribution is 0.0532. The molecule has 0 saturated heterocycles. The predicted molar refractivity (Wildman–Crippen MR) is 303 cm³/mol. The van der Waals surface area contributed by atoms with Gasteiger partial charge < -0.3 is 0 Å². The molecule has 0 aromatic rings. The molecule has 0 radical (unpaired) electrons. The van der Waals surface area contributed by atoms with E-state index in [1.165, 1.54) is 68.9 Å². The Kier molecular flexibility index (Phi) is 8.64. The minimum absolute atomic E-state index is 0.0958. The van der Waals surface area contributed by atoms with Crippen LogP contribution < -0.4 is 0 Å². The molecule has 0 aromatic carbocycles. The van der Waals surface area contributed by atoms with Crippen molar-refractivity contribution in [3.8, 4) is 0 Å². The molecule has 0 heteroatoms. The smallest absolute Gasteiger partial charge is 0.0639 e. The highest BCUT2D eigenvalue weighted by Crippen LogP contribution is 2.77. The highest BCUT2D eigenvalue weighted by Gasteiger charge is 2.69. The Morgan fingerprint density at radius 3 is 1.93 bits per heavy atom. The van der Waals surface area contributed by atoms with Crippen molar-refractivity contribution in [2.24, 2.45) is 64.1 Å². The summed E-state index contributed by atoms with van der Waals surface area (Å²) in [6, 6.07) is 0. The van der Waals surface area contributed by atoms with E-state index in [9.17, 15) is 0 Å². The summed E-state index contributed by atoms with van der Waals surface area (Å²) in [5, 5.41) is 0. The Balaban J connectivity index is 0.662. The van der Waals surface area contributed by atoms with Crippen molar-refractivity contribution in [3.05, 3.63) is 281 Å². The summed E-state index contributed by atoms with van der Waals surface area (Å²) >= 11 is 0. The number of hydrogen-bond donors (Lipinski definition) is 0. The third kappa shape index (κ3) is 5.13. The minimum atomic E-state index is -0.0958. The van der Waals surface area contributed by atoms with Gasteiger partial charge in [0, 0.05) is 29.6 Å².